The first-order valence-corrected chi connectivity index (χ1v) is 10.5. The number of hydroxylamine groups is 1. The smallest absolute Gasteiger partial charge is 0.419 e. The van der Waals surface area contributed by atoms with Crippen molar-refractivity contribution in [2.45, 2.75) is 49.4 Å². The Morgan fingerprint density at radius 3 is 2.53 bits per heavy atom. The van der Waals surface area contributed by atoms with Crippen molar-refractivity contribution in [3.05, 3.63) is 69.5 Å². The molecule has 0 aliphatic heterocycles. The largest absolute Gasteiger partial charge is 0.758 e. The number of aliphatic hydroxyl groups is 1. The van der Waals surface area contributed by atoms with Crippen LogP contribution in [0.1, 0.15) is 42.1 Å². The third-order valence-corrected chi connectivity index (χ3v) is 7.02. The van der Waals surface area contributed by atoms with E-state index >= 15 is 0 Å². The number of halogens is 4. The summed E-state index contributed by atoms with van der Waals surface area (Å²) in [5.74, 6) is -0.334. The lowest BCUT2D eigenvalue weighted by molar-refractivity contribution is -0.276. The Hall–Kier alpha value is -2.55. The zero-order valence-electron chi connectivity index (χ0n) is 16.9. The molecule has 2 aliphatic carbocycles. The Kier molecular flexibility index (Phi) is 4.48. The van der Waals surface area contributed by atoms with Crippen molar-refractivity contribution in [2.24, 2.45) is 0 Å². The molecule has 168 valence electrons. The second kappa shape index (κ2) is 6.73. The number of hydrogen-bond donors (Lipinski definition) is 2. The normalized spacial score (nSPS) is 23.9. The molecule has 0 amide bonds. The molecule has 9 heteroatoms. The van der Waals surface area contributed by atoms with Crippen LogP contribution in [-0.4, -0.2) is 27.0 Å². The second-order valence-electron chi connectivity index (χ2n) is 8.76. The third kappa shape index (κ3) is 2.89. The van der Waals surface area contributed by atoms with Crippen LogP contribution >= 0.6 is 11.6 Å². The van der Waals surface area contributed by atoms with Gasteiger partial charge in [-0.05, 0) is 62.1 Å². The molecule has 0 unspecified atom stereocenters. The first-order chi connectivity index (χ1) is 15.0. The van der Waals surface area contributed by atoms with E-state index in [0.717, 1.165) is 0 Å². The summed E-state index contributed by atoms with van der Waals surface area (Å²) in [6, 6.07) is 8.41. The predicted molar refractivity (Wildman–Crippen MR) is 115 cm³/mol. The molecule has 2 aromatic carbocycles. The van der Waals surface area contributed by atoms with E-state index in [0.29, 0.717) is 29.4 Å². The lowest BCUT2D eigenvalue weighted by atomic mass is 9.68. The number of phenols is 1. The van der Waals surface area contributed by atoms with Crippen LogP contribution in [0.4, 0.5) is 18.9 Å². The molecule has 1 fully saturated rings. The molecular formula is C23H19ClF3N2O3-. The maximum atomic E-state index is 14.3. The first kappa shape index (κ1) is 21.3. The summed E-state index contributed by atoms with van der Waals surface area (Å²) in [4.78, 5) is 4.34. The highest BCUT2D eigenvalue weighted by Gasteiger charge is 2.69. The fourth-order valence-corrected chi connectivity index (χ4v) is 5.21. The molecule has 5 nitrogen and oxygen atoms in total. The molecule has 5 rings (SSSR count). The summed E-state index contributed by atoms with van der Waals surface area (Å²) >= 11 is 6.06. The summed E-state index contributed by atoms with van der Waals surface area (Å²) in [6.07, 6.45) is -5.09. The molecule has 0 radical (unpaired) electrons. The van der Waals surface area contributed by atoms with Crippen molar-refractivity contribution in [1.29, 1.82) is 0 Å². The molecule has 0 saturated heterocycles. The number of pyridine rings is 1. The van der Waals surface area contributed by atoms with Crippen LogP contribution in [0.15, 0.2) is 42.5 Å². The zero-order chi connectivity index (χ0) is 23.1. The lowest BCUT2D eigenvalue weighted by Crippen LogP contribution is -2.59. The van der Waals surface area contributed by atoms with Gasteiger partial charge in [-0.1, -0.05) is 23.7 Å². The van der Waals surface area contributed by atoms with E-state index in [9.17, 15) is 28.6 Å². The van der Waals surface area contributed by atoms with Gasteiger partial charge in [0.15, 0.2) is 5.60 Å². The number of phenolic OH excluding ortho intramolecular Hbond substituents is 1. The molecule has 1 heterocycles. The highest BCUT2D eigenvalue weighted by molar-refractivity contribution is 6.32. The molecule has 1 aromatic heterocycles. The van der Waals surface area contributed by atoms with Crippen LogP contribution < -0.4 is 5.06 Å². The van der Waals surface area contributed by atoms with Gasteiger partial charge >= 0.3 is 6.18 Å². The van der Waals surface area contributed by atoms with Crippen molar-refractivity contribution in [3.63, 3.8) is 0 Å². The minimum absolute atomic E-state index is 0.00601. The summed E-state index contributed by atoms with van der Waals surface area (Å²) in [6.45, 7) is 1.77. The van der Waals surface area contributed by atoms with E-state index in [1.54, 1.807) is 25.1 Å². The molecule has 2 atom stereocenters. The predicted octanol–water partition coefficient (Wildman–Crippen LogP) is 5.68. The number of aromatic hydroxyl groups is 1. The molecule has 2 aliphatic rings. The van der Waals surface area contributed by atoms with Gasteiger partial charge in [-0.2, -0.15) is 13.2 Å². The zero-order valence-corrected chi connectivity index (χ0v) is 17.7. The van der Waals surface area contributed by atoms with E-state index in [1.165, 1.54) is 24.3 Å². The standard InChI is InChI=1S/C23H19ClF3N2O3/c1-12-5-6-13-16(28-12)3-2-4-17(13)29(32)20-14-7-8-15(24)19(30)18(14)21(9-10-21)11-22(20,31)23(25,26)27/h2-8,20,30-31H,9-11H2,1H3/q-1/t20-,22-/m0/s1. The van der Waals surface area contributed by atoms with Gasteiger partial charge in [-0.15, -0.1) is 0 Å². The quantitative estimate of drug-likeness (QED) is 0.478. The Bertz CT molecular complexity index is 1250. The second-order valence-corrected chi connectivity index (χ2v) is 9.17. The minimum atomic E-state index is -5.08. The van der Waals surface area contributed by atoms with Gasteiger partial charge in [-0.3, -0.25) is 4.98 Å². The van der Waals surface area contributed by atoms with Crippen molar-refractivity contribution >= 4 is 28.2 Å². The van der Waals surface area contributed by atoms with Gasteiger partial charge in [-0.25, -0.2) is 0 Å². The molecule has 3 aromatic rings. The fourth-order valence-electron chi connectivity index (χ4n) is 5.05. The van der Waals surface area contributed by atoms with Crippen LogP contribution in [-0.2, 0) is 5.41 Å². The number of hydrogen-bond acceptors (Lipinski definition) is 5. The highest BCUT2D eigenvalue weighted by Crippen LogP contribution is 2.66. The molecule has 1 spiro atoms. The van der Waals surface area contributed by atoms with E-state index in [2.05, 4.69) is 4.98 Å². The molecule has 0 bridgehead atoms. The topological polar surface area (TPSA) is 79.7 Å². The van der Waals surface area contributed by atoms with Gasteiger partial charge in [0.05, 0.1) is 16.6 Å². The molecular weight excluding hydrogens is 445 g/mol. The average molecular weight is 464 g/mol. The number of alkyl halides is 3. The fraction of sp³-hybridized carbons (Fsp3) is 0.348. The van der Waals surface area contributed by atoms with Gasteiger partial charge in [0.25, 0.3) is 0 Å². The Morgan fingerprint density at radius 1 is 1.16 bits per heavy atom. The Labute approximate surface area is 186 Å². The van der Waals surface area contributed by atoms with Crippen molar-refractivity contribution < 1.29 is 23.4 Å². The van der Waals surface area contributed by atoms with Crippen LogP contribution in [0.5, 0.6) is 5.75 Å². The van der Waals surface area contributed by atoms with Gasteiger partial charge in [0.2, 0.25) is 0 Å². The number of rotatable bonds is 2. The number of fused-ring (bicyclic) bond motifs is 3. The number of nitrogens with zero attached hydrogens (tertiary/aromatic N) is 2. The maximum absolute atomic E-state index is 14.3. The highest BCUT2D eigenvalue weighted by atomic mass is 35.5. The van der Waals surface area contributed by atoms with Crippen LogP contribution in [0, 0.1) is 12.1 Å². The number of benzene rings is 2. The van der Waals surface area contributed by atoms with Gasteiger partial charge in [0.1, 0.15) is 5.75 Å². The van der Waals surface area contributed by atoms with E-state index < -0.39 is 29.7 Å². The Balaban J connectivity index is 1.77. The monoisotopic (exact) mass is 463 g/mol. The lowest BCUT2D eigenvalue weighted by Gasteiger charge is -2.53. The van der Waals surface area contributed by atoms with Crippen LogP contribution in [0.25, 0.3) is 10.9 Å². The van der Waals surface area contributed by atoms with E-state index in [-0.39, 0.29) is 32.6 Å². The maximum Gasteiger partial charge on any atom is 0.419 e. The first-order valence-electron chi connectivity index (χ1n) is 10.1. The van der Waals surface area contributed by atoms with Gasteiger partial charge in [0, 0.05) is 27.7 Å². The van der Waals surface area contributed by atoms with Crippen LogP contribution in [0.2, 0.25) is 5.02 Å². The van der Waals surface area contributed by atoms with E-state index in [4.69, 9.17) is 11.6 Å². The summed E-state index contributed by atoms with van der Waals surface area (Å²) < 4.78 is 43.0. The SMILES string of the molecule is Cc1ccc2c(N([O-])[C@H]3c4ccc(Cl)c(O)c4C4(CC4)C[C@@]3(O)C(F)(F)F)cccc2n1. The summed E-state index contributed by atoms with van der Waals surface area (Å²) in [7, 11) is 0. The van der Waals surface area contributed by atoms with Crippen molar-refractivity contribution in [1.82, 2.24) is 4.98 Å². The minimum Gasteiger partial charge on any atom is -0.758 e. The third-order valence-electron chi connectivity index (χ3n) is 6.71. The molecule has 2 N–H and O–H groups in total. The van der Waals surface area contributed by atoms with Crippen LogP contribution in [0.3, 0.4) is 0 Å². The van der Waals surface area contributed by atoms with Gasteiger partial charge < -0.3 is 20.5 Å². The van der Waals surface area contributed by atoms with E-state index in [1.807, 2.05) is 0 Å². The molecule has 32 heavy (non-hydrogen) atoms. The summed E-state index contributed by atoms with van der Waals surface area (Å²) in [5, 5.41) is 36.0. The average Bonchev–Trinajstić information content (AvgIpc) is 3.48. The number of aromatic nitrogens is 1. The Morgan fingerprint density at radius 2 is 1.88 bits per heavy atom. The number of anilines is 1. The number of aryl methyl sites for hydroxylation is 1. The summed E-state index contributed by atoms with van der Waals surface area (Å²) in [5.41, 5.74) is -3.14. The van der Waals surface area contributed by atoms with Crippen molar-refractivity contribution in [3.8, 4) is 5.75 Å². The molecule has 1 saturated carbocycles. The van der Waals surface area contributed by atoms with Crippen molar-refractivity contribution in [2.75, 3.05) is 5.06 Å².